The number of rotatable bonds is 3. The molecule has 0 aliphatic carbocycles. The minimum absolute atomic E-state index is 0.0695. The van der Waals surface area contributed by atoms with Crippen molar-refractivity contribution < 1.29 is 27.8 Å². The van der Waals surface area contributed by atoms with Crippen LogP contribution in [0.3, 0.4) is 0 Å². The third-order valence-electron chi connectivity index (χ3n) is 2.71. The molecule has 6 nitrogen and oxygen atoms in total. The molecule has 22 heavy (non-hydrogen) atoms. The predicted octanol–water partition coefficient (Wildman–Crippen LogP) is 1.56. The molecule has 0 aliphatic rings. The number of ether oxygens (including phenoxy) is 1. The SMILES string of the molecule is CO.COc1cc(S(=O)(=O)c2cccc(F)c2)cc(N)c1O. The largest absolute Gasteiger partial charge is 0.503 e. The number of nitrogens with two attached hydrogens (primary N) is 1. The number of methoxy groups -OCH3 is 1. The fourth-order valence-electron chi connectivity index (χ4n) is 1.68. The lowest BCUT2D eigenvalue weighted by Gasteiger charge is -2.10. The lowest BCUT2D eigenvalue weighted by Crippen LogP contribution is -2.04. The number of aliphatic hydroxyl groups is 1. The van der Waals surface area contributed by atoms with Gasteiger partial charge in [0.1, 0.15) is 5.82 Å². The Morgan fingerprint density at radius 1 is 1.14 bits per heavy atom. The quantitative estimate of drug-likeness (QED) is 0.582. The van der Waals surface area contributed by atoms with Gasteiger partial charge in [0.05, 0.1) is 22.6 Å². The molecule has 0 unspecified atom stereocenters. The molecule has 0 saturated carbocycles. The van der Waals surface area contributed by atoms with E-state index in [4.69, 9.17) is 15.6 Å². The van der Waals surface area contributed by atoms with Gasteiger partial charge in [-0.3, -0.25) is 0 Å². The Kier molecular flexibility index (Phi) is 5.72. The summed E-state index contributed by atoms with van der Waals surface area (Å²) in [6, 6.07) is 6.84. The molecule has 2 aromatic rings. The van der Waals surface area contributed by atoms with Crippen molar-refractivity contribution in [1.82, 2.24) is 0 Å². The number of benzene rings is 2. The smallest absolute Gasteiger partial charge is 0.206 e. The summed E-state index contributed by atoms with van der Waals surface area (Å²) in [5.41, 5.74) is 5.39. The van der Waals surface area contributed by atoms with Crippen molar-refractivity contribution in [2.75, 3.05) is 20.0 Å². The zero-order chi connectivity index (χ0) is 16.9. The van der Waals surface area contributed by atoms with Crippen molar-refractivity contribution in [2.45, 2.75) is 9.79 Å². The van der Waals surface area contributed by atoms with E-state index in [2.05, 4.69) is 0 Å². The monoisotopic (exact) mass is 329 g/mol. The van der Waals surface area contributed by atoms with E-state index in [-0.39, 0.29) is 27.0 Å². The van der Waals surface area contributed by atoms with E-state index in [9.17, 15) is 17.9 Å². The minimum Gasteiger partial charge on any atom is -0.503 e. The summed E-state index contributed by atoms with van der Waals surface area (Å²) in [4.78, 5) is -0.389. The number of anilines is 1. The van der Waals surface area contributed by atoms with E-state index in [1.54, 1.807) is 0 Å². The van der Waals surface area contributed by atoms with E-state index >= 15 is 0 Å². The van der Waals surface area contributed by atoms with Gasteiger partial charge >= 0.3 is 0 Å². The number of halogens is 1. The van der Waals surface area contributed by atoms with Crippen molar-refractivity contribution in [3.63, 3.8) is 0 Å². The Hall–Kier alpha value is -2.32. The zero-order valence-corrected chi connectivity index (χ0v) is 12.8. The number of aliphatic hydroxyl groups excluding tert-OH is 1. The number of phenolic OH excluding ortho intramolecular Hbond substituents is 1. The molecule has 0 aliphatic heterocycles. The van der Waals surface area contributed by atoms with Crippen LogP contribution in [0.15, 0.2) is 46.2 Å². The maximum Gasteiger partial charge on any atom is 0.206 e. The summed E-state index contributed by atoms with van der Waals surface area (Å²) in [6.07, 6.45) is 0. The van der Waals surface area contributed by atoms with Crippen LogP contribution < -0.4 is 10.5 Å². The highest BCUT2D eigenvalue weighted by Crippen LogP contribution is 2.36. The maximum absolute atomic E-state index is 13.1. The Morgan fingerprint density at radius 2 is 1.77 bits per heavy atom. The molecule has 0 aromatic heterocycles. The molecule has 0 heterocycles. The summed E-state index contributed by atoms with van der Waals surface area (Å²) in [5, 5.41) is 16.6. The molecule has 0 amide bonds. The molecule has 4 N–H and O–H groups in total. The van der Waals surface area contributed by atoms with E-state index in [0.29, 0.717) is 0 Å². The number of hydrogen-bond donors (Lipinski definition) is 3. The van der Waals surface area contributed by atoms with Crippen LogP contribution >= 0.6 is 0 Å². The van der Waals surface area contributed by atoms with E-state index in [1.165, 1.54) is 19.2 Å². The number of aromatic hydroxyl groups is 1. The molecule has 8 heteroatoms. The van der Waals surface area contributed by atoms with Gasteiger partial charge in [-0.25, -0.2) is 12.8 Å². The van der Waals surface area contributed by atoms with Crippen LogP contribution in [0.4, 0.5) is 10.1 Å². The third-order valence-corrected chi connectivity index (χ3v) is 4.45. The summed E-state index contributed by atoms with van der Waals surface area (Å²) in [6.45, 7) is 0. The molecular weight excluding hydrogens is 313 g/mol. The second-order valence-electron chi connectivity index (χ2n) is 4.02. The van der Waals surface area contributed by atoms with Gasteiger partial charge in [-0.05, 0) is 24.3 Å². The van der Waals surface area contributed by atoms with Gasteiger partial charge in [-0.2, -0.15) is 0 Å². The topological polar surface area (TPSA) is 110 Å². The fraction of sp³-hybridized carbons (Fsp3) is 0.143. The van der Waals surface area contributed by atoms with Crippen molar-refractivity contribution in [2.24, 2.45) is 0 Å². The summed E-state index contributed by atoms with van der Waals surface area (Å²) < 4.78 is 42.7. The normalized spacial score (nSPS) is 10.5. The Bertz CT molecular complexity index is 762. The van der Waals surface area contributed by atoms with E-state index < -0.39 is 15.7 Å². The number of nitrogen functional groups attached to an aromatic ring is 1. The van der Waals surface area contributed by atoms with Crippen LogP contribution in [0.5, 0.6) is 11.5 Å². The van der Waals surface area contributed by atoms with Gasteiger partial charge < -0.3 is 20.7 Å². The zero-order valence-electron chi connectivity index (χ0n) is 11.9. The Labute approximate surface area is 127 Å². The third kappa shape index (κ3) is 3.46. The Balaban J connectivity index is 0.00000116. The molecular formula is C14H16FNO5S. The highest BCUT2D eigenvalue weighted by molar-refractivity contribution is 7.91. The number of phenols is 1. The van der Waals surface area contributed by atoms with Gasteiger partial charge in [0, 0.05) is 13.2 Å². The van der Waals surface area contributed by atoms with Crippen molar-refractivity contribution in [3.8, 4) is 11.5 Å². The lowest BCUT2D eigenvalue weighted by molar-refractivity contribution is 0.373. The molecule has 120 valence electrons. The van der Waals surface area contributed by atoms with Crippen molar-refractivity contribution in [3.05, 3.63) is 42.2 Å². The maximum atomic E-state index is 13.1. The Morgan fingerprint density at radius 3 is 2.32 bits per heavy atom. The van der Waals surface area contributed by atoms with Gasteiger partial charge in [0.2, 0.25) is 9.84 Å². The first kappa shape index (κ1) is 17.7. The minimum atomic E-state index is -3.94. The second-order valence-corrected chi connectivity index (χ2v) is 5.97. The van der Waals surface area contributed by atoms with E-state index in [1.807, 2.05) is 0 Å². The van der Waals surface area contributed by atoms with Gasteiger partial charge in [-0.1, -0.05) is 6.07 Å². The average Bonchev–Trinajstić information content (AvgIpc) is 2.51. The second kappa shape index (κ2) is 7.10. The molecule has 0 spiro atoms. The highest BCUT2D eigenvalue weighted by Gasteiger charge is 2.21. The molecule has 2 aromatic carbocycles. The van der Waals surface area contributed by atoms with Gasteiger partial charge in [0.15, 0.2) is 11.5 Å². The van der Waals surface area contributed by atoms with Crippen LogP contribution in [0.1, 0.15) is 0 Å². The summed E-state index contributed by atoms with van der Waals surface area (Å²) in [7, 11) is -1.67. The van der Waals surface area contributed by atoms with Crippen LogP contribution in [0.25, 0.3) is 0 Å². The number of hydrogen-bond acceptors (Lipinski definition) is 6. The van der Waals surface area contributed by atoms with Gasteiger partial charge in [0.25, 0.3) is 0 Å². The summed E-state index contributed by atoms with van der Waals surface area (Å²) >= 11 is 0. The number of sulfone groups is 1. The molecule has 2 rings (SSSR count). The molecule has 0 bridgehead atoms. The van der Waals surface area contributed by atoms with E-state index in [0.717, 1.165) is 31.4 Å². The lowest BCUT2D eigenvalue weighted by atomic mass is 10.3. The molecule has 0 saturated heterocycles. The van der Waals surface area contributed by atoms with Crippen molar-refractivity contribution >= 4 is 15.5 Å². The predicted molar refractivity (Wildman–Crippen MR) is 79.1 cm³/mol. The molecule has 0 fully saturated rings. The molecule has 0 atom stereocenters. The van der Waals surface area contributed by atoms with Crippen molar-refractivity contribution in [1.29, 1.82) is 0 Å². The standard InChI is InChI=1S/C13H12FNO4S.CH4O/c1-19-12-7-10(6-11(15)13(12)16)20(17,18)9-4-2-3-8(14)5-9;1-2/h2-7,16H,15H2,1H3;2H,1H3. The first-order valence-electron chi connectivity index (χ1n) is 5.98. The van der Waals surface area contributed by atoms with Crippen LogP contribution in [0, 0.1) is 5.82 Å². The summed E-state index contributed by atoms with van der Waals surface area (Å²) in [5.74, 6) is -1.07. The highest BCUT2D eigenvalue weighted by atomic mass is 32.2. The first-order valence-corrected chi connectivity index (χ1v) is 7.46. The van der Waals surface area contributed by atoms with Gasteiger partial charge in [-0.15, -0.1) is 0 Å². The fourth-order valence-corrected chi connectivity index (χ4v) is 3.03. The van der Waals surface area contributed by atoms with Crippen LogP contribution in [0.2, 0.25) is 0 Å². The average molecular weight is 329 g/mol. The van der Waals surface area contributed by atoms with Crippen LogP contribution in [-0.2, 0) is 9.84 Å². The first-order chi connectivity index (χ1) is 10.4. The molecule has 0 radical (unpaired) electrons. The van der Waals surface area contributed by atoms with Crippen LogP contribution in [-0.4, -0.2) is 32.9 Å².